The number of primary amides is 1. The van der Waals surface area contributed by atoms with Crippen LogP contribution in [-0.4, -0.2) is 29.0 Å². The number of carbonyl (C=O) groups is 1. The van der Waals surface area contributed by atoms with Crippen LogP contribution in [0, 0.1) is 0 Å². The number of anilines is 2. The largest absolute Gasteiger partial charge is 0.365 e. The molecule has 0 fully saturated rings. The first-order valence-corrected chi connectivity index (χ1v) is 10.2. The van der Waals surface area contributed by atoms with Crippen LogP contribution in [0.4, 0.5) is 11.4 Å². The Morgan fingerprint density at radius 1 is 1.14 bits per heavy atom. The van der Waals surface area contributed by atoms with Crippen molar-refractivity contribution in [2.24, 2.45) is 5.73 Å². The third-order valence-electron chi connectivity index (χ3n) is 4.20. The number of nitrogens with two attached hydrogens (primary N) is 1. The molecule has 0 aliphatic carbocycles. The lowest BCUT2D eigenvalue weighted by atomic mass is 10.1. The van der Waals surface area contributed by atoms with Gasteiger partial charge >= 0.3 is 0 Å². The maximum absolute atomic E-state index is 12.9. The number of nitrogens with one attached hydrogen (secondary N) is 1. The first-order valence-electron chi connectivity index (χ1n) is 8.35. The minimum Gasteiger partial charge on any atom is -0.365 e. The summed E-state index contributed by atoms with van der Waals surface area (Å²) in [7, 11) is -3.60. The minimum absolute atomic E-state index is 0.123. The van der Waals surface area contributed by atoms with Gasteiger partial charge in [-0.05, 0) is 45.0 Å². The van der Waals surface area contributed by atoms with Gasteiger partial charge in [0.2, 0.25) is 0 Å². The molecule has 0 saturated heterocycles. The molecular weight excluding hydrogens is 400 g/mol. The molecule has 3 aromatic rings. The Morgan fingerprint density at radius 3 is 2.46 bits per heavy atom. The van der Waals surface area contributed by atoms with E-state index in [1.165, 1.54) is 30.7 Å². The van der Waals surface area contributed by atoms with Gasteiger partial charge in [0.1, 0.15) is 0 Å². The van der Waals surface area contributed by atoms with E-state index in [0.717, 1.165) is 0 Å². The minimum atomic E-state index is -3.60. The van der Waals surface area contributed by atoms with Crippen molar-refractivity contribution in [1.82, 2.24) is 9.97 Å². The third-order valence-corrected chi connectivity index (χ3v) is 6.89. The Bertz CT molecular complexity index is 1190. The zero-order valence-electron chi connectivity index (χ0n) is 15.5. The summed E-state index contributed by atoms with van der Waals surface area (Å²) in [5.74, 6) is -0.698. The van der Waals surface area contributed by atoms with Gasteiger partial charge < -0.3 is 11.1 Å². The highest BCUT2D eigenvalue weighted by Crippen LogP contribution is 2.33. The zero-order chi connectivity index (χ0) is 20.7. The normalized spacial score (nSPS) is 12.1. The van der Waals surface area contributed by atoms with Crippen LogP contribution in [0.2, 0.25) is 5.02 Å². The highest BCUT2D eigenvalue weighted by Gasteiger charge is 2.31. The van der Waals surface area contributed by atoms with E-state index in [2.05, 4.69) is 15.3 Å². The van der Waals surface area contributed by atoms with Gasteiger partial charge in [-0.15, -0.1) is 0 Å². The molecule has 3 N–H and O–H groups in total. The Balaban J connectivity index is 2.28. The molecule has 9 heteroatoms. The van der Waals surface area contributed by atoms with E-state index >= 15 is 0 Å². The lowest BCUT2D eigenvalue weighted by Crippen LogP contribution is -2.27. The van der Waals surface area contributed by atoms with Crippen molar-refractivity contribution in [2.75, 3.05) is 5.32 Å². The number of aromatic nitrogens is 2. The molecule has 2 aromatic heterocycles. The average molecular weight is 419 g/mol. The smallest absolute Gasteiger partial charge is 0.252 e. The molecule has 0 saturated carbocycles. The highest BCUT2D eigenvalue weighted by atomic mass is 35.5. The molecule has 1 aromatic carbocycles. The summed E-state index contributed by atoms with van der Waals surface area (Å²) in [5.41, 5.74) is 7.00. The molecule has 0 aliphatic heterocycles. The van der Waals surface area contributed by atoms with Crippen LogP contribution in [0.5, 0.6) is 0 Å². The van der Waals surface area contributed by atoms with E-state index in [1.54, 1.807) is 32.9 Å². The lowest BCUT2D eigenvalue weighted by Gasteiger charge is -2.20. The van der Waals surface area contributed by atoms with E-state index in [1.807, 2.05) is 0 Å². The predicted molar refractivity (Wildman–Crippen MR) is 110 cm³/mol. The van der Waals surface area contributed by atoms with Crippen molar-refractivity contribution in [1.29, 1.82) is 0 Å². The number of sulfone groups is 1. The van der Waals surface area contributed by atoms with Crippen molar-refractivity contribution in [2.45, 2.75) is 30.4 Å². The molecule has 1 amide bonds. The van der Waals surface area contributed by atoms with Gasteiger partial charge in [-0.3, -0.25) is 14.8 Å². The highest BCUT2D eigenvalue weighted by molar-refractivity contribution is 7.92. The topological polar surface area (TPSA) is 115 Å². The predicted octanol–water partition coefficient (Wildman–Crippen LogP) is 3.70. The first kappa shape index (κ1) is 20.0. The molecule has 146 valence electrons. The standard InChI is InChI=1S/C19H19ClN4O3S/c1-19(2,3)28(26,27)13-4-5-16-14(7-13)17(15(10-23-16)18(21)25)24-12-6-11(20)8-22-9-12/h4-10H,1-3H3,(H2,21,25)(H,23,24). The van der Waals surface area contributed by atoms with Gasteiger partial charge in [-0.25, -0.2) is 8.42 Å². The number of fused-ring (bicyclic) bond motifs is 1. The van der Waals surface area contributed by atoms with Crippen molar-refractivity contribution in [3.05, 3.63) is 53.4 Å². The summed E-state index contributed by atoms with van der Waals surface area (Å²) in [6, 6.07) is 6.22. The van der Waals surface area contributed by atoms with Gasteiger partial charge in [0, 0.05) is 17.8 Å². The molecule has 0 radical (unpaired) electrons. The van der Waals surface area contributed by atoms with Crippen LogP contribution < -0.4 is 11.1 Å². The second-order valence-corrected chi connectivity index (χ2v) is 10.4. The quantitative estimate of drug-likeness (QED) is 0.667. The SMILES string of the molecule is CC(C)(C)S(=O)(=O)c1ccc2ncc(C(N)=O)c(Nc3cncc(Cl)c3)c2c1. The summed E-state index contributed by atoms with van der Waals surface area (Å²) in [6.07, 6.45) is 4.35. The second-order valence-electron chi connectivity index (χ2n) is 7.22. The molecular formula is C19H19ClN4O3S. The summed E-state index contributed by atoms with van der Waals surface area (Å²) < 4.78 is 24.8. The molecule has 3 rings (SSSR count). The Hall–Kier alpha value is -2.71. The van der Waals surface area contributed by atoms with Gasteiger partial charge in [-0.2, -0.15) is 0 Å². The third kappa shape index (κ3) is 3.65. The lowest BCUT2D eigenvalue weighted by molar-refractivity contribution is 0.100. The monoisotopic (exact) mass is 418 g/mol. The van der Waals surface area contributed by atoms with Gasteiger partial charge in [0.05, 0.1) is 43.3 Å². The summed E-state index contributed by atoms with van der Waals surface area (Å²) >= 11 is 5.98. The van der Waals surface area contributed by atoms with Crippen molar-refractivity contribution in [3.8, 4) is 0 Å². The van der Waals surface area contributed by atoms with Crippen LogP contribution in [0.25, 0.3) is 10.9 Å². The molecule has 0 aliphatic rings. The van der Waals surface area contributed by atoms with Gasteiger partial charge in [0.15, 0.2) is 9.84 Å². The van der Waals surface area contributed by atoms with E-state index in [0.29, 0.717) is 27.3 Å². The number of rotatable bonds is 4. The fourth-order valence-electron chi connectivity index (χ4n) is 2.64. The maximum Gasteiger partial charge on any atom is 0.252 e. The van der Waals surface area contributed by atoms with Crippen molar-refractivity contribution >= 4 is 49.6 Å². The van der Waals surface area contributed by atoms with E-state index in [4.69, 9.17) is 17.3 Å². The number of halogens is 1. The molecule has 2 heterocycles. The number of hydrogen-bond acceptors (Lipinski definition) is 6. The Labute approximate surface area is 167 Å². The van der Waals surface area contributed by atoms with Crippen LogP contribution in [-0.2, 0) is 9.84 Å². The van der Waals surface area contributed by atoms with Gasteiger partial charge in [-0.1, -0.05) is 11.6 Å². The molecule has 28 heavy (non-hydrogen) atoms. The second kappa shape index (κ2) is 7.03. The molecule has 0 unspecified atom stereocenters. The van der Waals surface area contributed by atoms with Crippen molar-refractivity contribution in [3.63, 3.8) is 0 Å². The van der Waals surface area contributed by atoms with Crippen molar-refractivity contribution < 1.29 is 13.2 Å². The number of carbonyl (C=O) groups excluding carboxylic acids is 1. The average Bonchev–Trinajstić information content (AvgIpc) is 2.60. The molecule has 0 spiro atoms. The van der Waals surface area contributed by atoms with E-state index in [-0.39, 0.29) is 10.5 Å². The fraction of sp³-hybridized carbons (Fsp3) is 0.211. The maximum atomic E-state index is 12.9. The number of hydrogen-bond donors (Lipinski definition) is 2. The molecule has 7 nitrogen and oxygen atoms in total. The zero-order valence-corrected chi connectivity index (χ0v) is 17.1. The number of pyridine rings is 2. The number of nitrogens with zero attached hydrogens (tertiary/aromatic N) is 2. The van der Waals surface area contributed by atoms with Crippen LogP contribution >= 0.6 is 11.6 Å². The van der Waals surface area contributed by atoms with Crippen LogP contribution in [0.15, 0.2) is 47.8 Å². The van der Waals surface area contributed by atoms with Gasteiger partial charge in [0.25, 0.3) is 5.91 Å². The Morgan fingerprint density at radius 2 is 1.86 bits per heavy atom. The number of amides is 1. The fourth-order valence-corrected chi connectivity index (χ4v) is 4.04. The first-order chi connectivity index (χ1) is 13.0. The van der Waals surface area contributed by atoms with E-state index < -0.39 is 20.5 Å². The number of benzene rings is 1. The summed E-state index contributed by atoms with van der Waals surface area (Å²) in [6.45, 7) is 4.88. The summed E-state index contributed by atoms with van der Waals surface area (Å²) in [5, 5.41) is 3.92. The van der Waals surface area contributed by atoms with Crippen LogP contribution in [0.3, 0.4) is 0 Å². The molecule has 0 bridgehead atoms. The Kier molecular flexibility index (Phi) is 5.03. The van der Waals surface area contributed by atoms with E-state index in [9.17, 15) is 13.2 Å². The molecule has 0 atom stereocenters. The van der Waals surface area contributed by atoms with Crippen LogP contribution in [0.1, 0.15) is 31.1 Å². The summed E-state index contributed by atoms with van der Waals surface area (Å²) in [4.78, 5) is 20.3.